The van der Waals surface area contributed by atoms with Gasteiger partial charge in [-0.3, -0.25) is 0 Å². The van der Waals surface area contributed by atoms with Gasteiger partial charge in [0.1, 0.15) is 11.2 Å². The normalized spacial score (nSPS) is 12.1. The molecule has 1 heterocycles. The van der Waals surface area contributed by atoms with Crippen molar-refractivity contribution in [3.8, 4) is 55.6 Å². The Morgan fingerprint density at radius 1 is 0.286 bits per heavy atom. The van der Waals surface area contributed by atoms with Crippen LogP contribution < -0.4 is 0 Å². The average molecular weight is 621 g/mol. The first-order chi connectivity index (χ1) is 24.3. The highest BCUT2D eigenvalue weighted by atomic mass is 16.3. The molecule has 0 unspecified atom stereocenters. The highest BCUT2D eigenvalue weighted by molar-refractivity contribution is 6.23. The molecule has 226 valence electrons. The molecule has 0 radical (unpaired) electrons. The molecule has 9 aromatic carbocycles. The van der Waals surface area contributed by atoms with Gasteiger partial charge in [-0.05, 0) is 112 Å². The first kappa shape index (κ1) is 26.6. The van der Waals surface area contributed by atoms with Gasteiger partial charge >= 0.3 is 0 Å². The zero-order valence-electron chi connectivity index (χ0n) is 26.6. The van der Waals surface area contributed by atoms with Crippen LogP contribution in [-0.4, -0.2) is 0 Å². The Morgan fingerprint density at radius 3 is 1.41 bits per heavy atom. The molecule has 1 aliphatic rings. The van der Waals surface area contributed by atoms with Crippen molar-refractivity contribution in [3.05, 3.63) is 170 Å². The van der Waals surface area contributed by atoms with Crippen LogP contribution in [-0.2, 0) is 0 Å². The van der Waals surface area contributed by atoms with Crippen LogP contribution in [0, 0.1) is 0 Å². The fourth-order valence-electron chi connectivity index (χ4n) is 8.53. The molecule has 0 amide bonds. The predicted molar refractivity (Wildman–Crippen MR) is 207 cm³/mol. The van der Waals surface area contributed by atoms with E-state index in [1.807, 2.05) is 12.1 Å². The van der Waals surface area contributed by atoms with Crippen molar-refractivity contribution in [2.24, 2.45) is 0 Å². The van der Waals surface area contributed by atoms with E-state index in [0.29, 0.717) is 0 Å². The van der Waals surface area contributed by atoms with Gasteiger partial charge in [-0.15, -0.1) is 0 Å². The summed E-state index contributed by atoms with van der Waals surface area (Å²) in [6.07, 6.45) is 0. The Kier molecular flexibility index (Phi) is 5.45. The van der Waals surface area contributed by atoms with Crippen molar-refractivity contribution in [2.75, 3.05) is 0 Å². The summed E-state index contributed by atoms with van der Waals surface area (Å²) in [4.78, 5) is 0. The van der Waals surface area contributed by atoms with Crippen LogP contribution in [0.15, 0.2) is 174 Å². The third-order valence-corrected chi connectivity index (χ3v) is 10.6. The molecule has 10 aromatic rings. The zero-order chi connectivity index (χ0) is 32.1. The number of furan rings is 1. The Labute approximate surface area is 283 Å². The maximum absolute atomic E-state index is 6.21. The molecule has 0 atom stereocenters. The third-order valence-electron chi connectivity index (χ3n) is 10.6. The summed E-state index contributed by atoms with van der Waals surface area (Å²) in [7, 11) is 0. The topological polar surface area (TPSA) is 13.1 Å². The molecule has 1 nitrogen and oxygen atoms in total. The van der Waals surface area contributed by atoms with Gasteiger partial charge in [0.2, 0.25) is 0 Å². The third kappa shape index (κ3) is 3.76. The second kappa shape index (κ2) is 10.0. The first-order valence-electron chi connectivity index (χ1n) is 16.9. The lowest BCUT2D eigenvalue weighted by atomic mass is 9.84. The van der Waals surface area contributed by atoms with E-state index in [0.717, 1.165) is 21.9 Å². The van der Waals surface area contributed by atoms with Crippen molar-refractivity contribution in [2.45, 2.75) is 0 Å². The molecule has 0 saturated carbocycles. The molecule has 0 spiro atoms. The minimum Gasteiger partial charge on any atom is -0.456 e. The molecule has 1 aromatic heterocycles. The van der Waals surface area contributed by atoms with Crippen LogP contribution in [0.2, 0.25) is 0 Å². The number of benzene rings is 9. The smallest absolute Gasteiger partial charge is 0.135 e. The monoisotopic (exact) mass is 620 g/mol. The van der Waals surface area contributed by atoms with Crippen LogP contribution in [0.25, 0.3) is 110 Å². The Hall–Kier alpha value is -6.44. The first-order valence-corrected chi connectivity index (χ1v) is 16.9. The van der Waals surface area contributed by atoms with Crippen molar-refractivity contribution in [3.63, 3.8) is 0 Å². The van der Waals surface area contributed by atoms with Crippen molar-refractivity contribution in [1.82, 2.24) is 0 Å². The van der Waals surface area contributed by atoms with E-state index >= 15 is 0 Å². The van der Waals surface area contributed by atoms with Gasteiger partial charge in [0.15, 0.2) is 0 Å². The summed E-state index contributed by atoms with van der Waals surface area (Å²) in [5.41, 5.74) is 14.5. The van der Waals surface area contributed by atoms with Gasteiger partial charge in [-0.25, -0.2) is 0 Å². The Balaban J connectivity index is 1.21. The van der Waals surface area contributed by atoms with Gasteiger partial charge in [-0.2, -0.15) is 0 Å². The van der Waals surface area contributed by atoms with Crippen LogP contribution in [0.5, 0.6) is 0 Å². The van der Waals surface area contributed by atoms with Crippen LogP contribution in [0.1, 0.15) is 0 Å². The van der Waals surface area contributed by atoms with Gasteiger partial charge in [0.05, 0.1) is 0 Å². The van der Waals surface area contributed by atoms with Crippen LogP contribution in [0.3, 0.4) is 0 Å². The van der Waals surface area contributed by atoms with E-state index in [1.165, 1.54) is 88.0 Å². The second-order valence-electron chi connectivity index (χ2n) is 13.2. The summed E-state index contributed by atoms with van der Waals surface area (Å²) in [6, 6.07) is 62.3. The lowest BCUT2D eigenvalue weighted by molar-refractivity contribution is 0.669. The minimum absolute atomic E-state index is 0.915. The molecule has 11 rings (SSSR count). The van der Waals surface area contributed by atoms with E-state index in [9.17, 15) is 0 Å². The SMILES string of the molecule is c1ccc2c(c1)-c1cc(-c3c4ccccc4c(-c4ccc5oc6ccccc6c5c4)c4ccccc34)ccc1-c1cccc3cccc-2c13. The highest BCUT2D eigenvalue weighted by Gasteiger charge is 2.23. The Bertz CT molecular complexity index is 2930. The maximum Gasteiger partial charge on any atom is 0.135 e. The molecule has 0 aliphatic heterocycles. The fourth-order valence-corrected chi connectivity index (χ4v) is 8.53. The molecular weight excluding hydrogens is 593 g/mol. The second-order valence-corrected chi connectivity index (χ2v) is 13.2. The quantitative estimate of drug-likeness (QED) is 0.175. The summed E-state index contributed by atoms with van der Waals surface area (Å²) >= 11 is 0. The minimum atomic E-state index is 0.915. The van der Waals surface area contributed by atoms with E-state index in [1.54, 1.807) is 0 Å². The standard InChI is InChI=1S/C48H28O/c1-2-14-33-32(13-1)36-20-9-11-29-12-10-21-37(46(29)36)34-25-23-30(27-42(33)34)47-38-16-3-5-18-40(38)48(41-19-6-4-17-39(41)47)31-24-26-45-43(28-31)35-15-7-8-22-44(35)49-45/h1-28H. The lowest BCUT2D eigenvalue weighted by Crippen LogP contribution is -1.92. The van der Waals surface area contributed by atoms with Gasteiger partial charge in [0.25, 0.3) is 0 Å². The summed E-state index contributed by atoms with van der Waals surface area (Å²) in [6.45, 7) is 0. The number of rotatable bonds is 2. The van der Waals surface area contributed by atoms with Crippen molar-refractivity contribution in [1.29, 1.82) is 0 Å². The van der Waals surface area contributed by atoms with E-state index in [-0.39, 0.29) is 0 Å². The summed E-state index contributed by atoms with van der Waals surface area (Å²) in [5, 5.41) is 9.88. The fraction of sp³-hybridized carbons (Fsp3) is 0. The summed E-state index contributed by atoms with van der Waals surface area (Å²) in [5.74, 6) is 0. The van der Waals surface area contributed by atoms with E-state index in [4.69, 9.17) is 4.42 Å². The van der Waals surface area contributed by atoms with Crippen LogP contribution >= 0.6 is 0 Å². The van der Waals surface area contributed by atoms with Crippen molar-refractivity contribution >= 4 is 54.3 Å². The molecule has 0 bridgehead atoms. The van der Waals surface area contributed by atoms with Gasteiger partial charge in [-0.1, -0.05) is 146 Å². The number of para-hydroxylation sites is 1. The van der Waals surface area contributed by atoms with E-state index < -0.39 is 0 Å². The maximum atomic E-state index is 6.21. The van der Waals surface area contributed by atoms with Crippen LogP contribution in [0.4, 0.5) is 0 Å². The summed E-state index contributed by atoms with van der Waals surface area (Å²) < 4.78 is 6.21. The van der Waals surface area contributed by atoms with Crippen molar-refractivity contribution < 1.29 is 4.42 Å². The van der Waals surface area contributed by atoms with Gasteiger partial charge < -0.3 is 4.42 Å². The average Bonchev–Trinajstić information content (AvgIpc) is 3.49. The highest BCUT2D eigenvalue weighted by Crippen LogP contribution is 2.50. The van der Waals surface area contributed by atoms with E-state index in [2.05, 4.69) is 158 Å². The number of hydrogen-bond donors (Lipinski definition) is 0. The molecule has 0 saturated heterocycles. The lowest BCUT2D eigenvalue weighted by Gasteiger charge is -2.19. The number of hydrogen-bond acceptors (Lipinski definition) is 1. The predicted octanol–water partition coefficient (Wildman–Crippen LogP) is 13.7. The molecule has 0 N–H and O–H groups in total. The number of fused-ring (bicyclic) bond motifs is 10. The molecular formula is C48H28O. The Morgan fingerprint density at radius 2 is 0.755 bits per heavy atom. The van der Waals surface area contributed by atoms with Gasteiger partial charge in [0, 0.05) is 10.8 Å². The largest absolute Gasteiger partial charge is 0.456 e. The zero-order valence-corrected chi connectivity index (χ0v) is 26.6. The molecule has 0 fully saturated rings. The molecule has 49 heavy (non-hydrogen) atoms. The molecule has 1 aliphatic carbocycles. The molecule has 1 heteroatoms.